The fourth-order valence-electron chi connectivity index (χ4n) is 3.32. The lowest BCUT2D eigenvalue weighted by atomic mass is 9.80. The predicted molar refractivity (Wildman–Crippen MR) is 95.4 cm³/mol. The third-order valence-corrected chi connectivity index (χ3v) is 6.62. The summed E-state index contributed by atoms with van der Waals surface area (Å²) in [5, 5.41) is 7.11. The molecule has 0 spiro atoms. The van der Waals surface area contributed by atoms with Crippen molar-refractivity contribution < 1.29 is 17.7 Å². The number of hydrogen-bond donors (Lipinski definition) is 1. The van der Waals surface area contributed by atoms with Crippen molar-refractivity contribution in [2.45, 2.75) is 56.4 Å². The van der Waals surface area contributed by atoms with Gasteiger partial charge in [0.2, 0.25) is 5.89 Å². The molecule has 0 atom stereocenters. The zero-order valence-electron chi connectivity index (χ0n) is 15.0. The molecule has 7 nitrogen and oxygen atoms in total. The molecule has 1 amide bonds. The van der Waals surface area contributed by atoms with E-state index in [1.807, 2.05) is 0 Å². The molecule has 8 heteroatoms. The molecular weight excluding hydrogens is 354 g/mol. The summed E-state index contributed by atoms with van der Waals surface area (Å²) in [6, 6.07) is 6.02. The summed E-state index contributed by atoms with van der Waals surface area (Å²) in [5.41, 5.74) is -0.230. The minimum Gasteiger partial charge on any atom is -0.340 e. The highest BCUT2D eigenvalue weighted by atomic mass is 32.2. The van der Waals surface area contributed by atoms with E-state index in [1.165, 1.54) is 24.3 Å². The normalized spacial score (nSPS) is 17.0. The molecule has 1 aliphatic carbocycles. The predicted octanol–water partition coefficient (Wildman–Crippen LogP) is 2.76. The summed E-state index contributed by atoms with van der Waals surface area (Å²) >= 11 is 0. The number of nitrogens with one attached hydrogen (secondary N) is 1. The Balaban J connectivity index is 1.84. The van der Waals surface area contributed by atoms with E-state index >= 15 is 0 Å². The quantitative estimate of drug-likeness (QED) is 0.859. The summed E-state index contributed by atoms with van der Waals surface area (Å²) in [7, 11) is -3.28. The SMILES string of the molecule is CCS(=O)(=O)c1ccc(C(=O)NC2(c3noc(C)n3)CCCCC2)cc1. The maximum atomic E-state index is 12.8. The molecule has 1 aliphatic rings. The van der Waals surface area contributed by atoms with Crippen molar-refractivity contribution in [3.8, 4) is 0 Å². The van der Waals surface area contributed by atoms with Gasteiger partial charge in [0.25, 0.3) is 5.91 Å². The highest BCUT2D eigenvalue weighted by Crippen LogP contribution is 2.36. The summed E-state index contributed by atoms with van der Waals surface area (Å²) in [4.78, 5) is 17.3. The van der Waals surface area contributed by atoms with E-state index in [-0.39, 0.29) is 16.6 Å². The molecule has 3 rings (SSSR count). The van der Waals surface area contributed by atoms with Crippen LogP contribution in [0, 0.1) is 6.92 Å². The zero-order valence-corrected chi connectivity index (χ0v) is 15.8. The van der Waals surface area contributed by atoms with E-state index in [1.54, 1.807) is 13.8 Å². The van der Waals surface area contributed by atoms with Gasteiger partial charge >= 0.3 is 0 Å². The van der Waals surface area contributed by atoms with Crippen LogP contribution in [0.25, 0.3) is 0 Å². The Bertz CT molecular complexity index is 881. The summed E-state index contributed by atoms with van der Waals surface area (Å²) in [5.74, 6) is 0.732. The van der Waals surface area contributed by atoms with Crippen LogP contribution in [0.3, 0.4) is 0 Å². The Hall–Kier alpha value is -2.22. The second kappa shape index (κ2) is 7.19. The molecule has 1 fully saturated rings. The molecule has 0 unspecified atom stereocenters. The van der Waals surface area contributed by atoms with E-state index in [4.69, 9.17) is 4.52 Å². The van der Waals surface area contributed by atoms with Crippen LogP contribution in [0.15, 0.2) is 33.7 Å². The average Bonchev–Trinajstić information content (AvgIpc) is 3.10. The Morgan fingerprint density at radius 3 is 2.38 bits per heavy atom. The molecule has 0 saturated heterocycles. The minimum atomic E-state index is -3.28. The third-order valence-electron chi connectivity index (χ3n) is 4.87. The third kappa shape index (κ3) is 3.65. The van der Waals surface area contributed by atoms with Gasteiger partial charge in [0.1, 0.15) is 5.54 Å². The molecule has 0 bridgehead atoms. The lowest BCUT2D eigenvalue weighted by Gasteiger charge is -2.35. The molecule has 1 heterocycles. The minimum absolute atomic E-state index is 0.0266. The first-order chi connectivity index (χ1) is 12.4. The fraction of sp³-hybridized carbons (Fsp3) is 0.500. The van der Waals surface area contributed by atoms with Crippen LogP contribution < -0.4 is 5.32 Å². The fourth-order valence-corrected chi connectivity index (χ4v) is 4.21. The first-order valence-corrected chi connectivity index (χ1v) is 10.5. The van der Waals surface area contributed by atoms with Crippen molar-refractivity contribution in [3.05, 3.63) is 41.5 Å². The first-order valence-electron chi connectivity index (χ1n) is 8.82. The molecule has 26 heavy (non-hydrogen) atoms. The summed E-state index contributed by atoms with van der Waals surface area (Å²) < 4.78 is 28.9. The van der Waals surface area contributed by atoms with Gasteiger partial charge in [0.15, 0.2) is 15.7 Å². The van der Waals surface area contributed by atoms with Crippen molar-refractivity contribution in [2.24, 2.45) is 0 Å². The van der Waals surface area contributed by atoms with Crippen molar-refractivity contribution >= 4 is 15.7 Å². The van der Waals surface area contributed by atoms with Crippen LogP contribution in [-0.4, -0.2) is 30.2 Å². The van der Waals surface area contributed by atoms with Crippen LogP contribution >= 0.6 is 0 Å². The zero-order chi connectivity index (χ0) is 18.8. The highest BCUT2D eigenvalue weighted by molar-refractivity contribution is 7.91. The van der Waals surface area contributed by atoms with Gasteiger partial charge in [-0.2, -0.15) is 4.98 Å². The number of hydrogen-bond acceptors (Lipinski definition) is 6. The molecule has 1 saturated carbocycles. The molecular formula is C18H23N3O4S. The molecule has 140 valence electrons. The van der Waals surface area contributed by atoms with Gasteiger partial charge in [-0.1, -0.05) is 31.3 Å². The molecule has 1 aromatic heterocycles. The Morgan fingerprint density at radius 1 is 1.19 bits per heavy atom. The number of amides is 1. The second-order valence-corrected chi connectivity index (χ2v) is 8.94. The topological polar surface area (TPSA) is 102 Å². The van der Waals surface area contributed by atoms with Crippen LogP contribution in [0.2, 0.25) is 0 Å². The Kier molecular flexibility index (Phi) is 5.13. The Labute approximate surface area is 153 Å². The standard InChI is InChI=1S/C18H23N3O4S/c1-3-26(23,24)15-9-7-14(8-10-15)16(22)20-18(11-5-4-6-12-18)17-19-13(2)25-21-17/h7-10H,3-6,11-12H2,1-2H3,(H,20,22). The van der Waals surface area contributed by atoms with Crippen molar-refractivity contribution in [2.75, 3.05) is 5.75 Å². The van der Waals surface area contributed by atoms with Crippen LogP contribution in [0.1, 0.15) is 61.1 Å². The van der Waals surface area contributed by atoms with Crippen LogP contribution in [0.4, 0.5) is 0 Å². The van der Waals surface area contributed by atoms with Gasteiger partial charge in [-0.3, -0.25) is 4.79 Å². The number of rotatable bonds is 5. The average molecular weight is 377 g/mol. The van der Waals surface area contributed by atoms with Gasteiger partial charge in [-0.05, 0) is 37.1 Å². The van der Waals surface area contributed by atoms with E-state index < -0.39 is 15.4 Å². The molecule has 1 aromatic carbocycles. The second-order valence-electron chi connectivity index (χ2n) is 6.66. The number of aromatic nitrogens is 2. The maximum absolute atomic E-state index is 12.8. The number of benzene rings is 1. The van der Waals surface area contributed by atoms with Crippen molar-refractivity contribution in [1.82, 2.24) is 15.5 Å². The lowest BCUT2D eigenvalue weighted by Crippen LogP contribution is -2.48. The largest absolute Gasteiger partial charge is 0.340 e. The number of sulfone groups is 1. The number of carbonyl (C=O) groups is 1. The summed E-state index contributed by atoms with van der Waals surface area (Å²) in [6.45, 7) is 3.32. The van der Waals surface area contributed by atoms with E-state index in [0.29, 0.717) is 17.3 Å². The van der Waals surface area contributed by atoms with Crippen LogP contribution in [-0.2, 0) is 15.4 Å². The van der Waals surface area contributed by atoms with Crippen LogP contribution in [0.5, 0.6) is 0 Å². The number of carbonyl (C=O) groups excluding carboxylic acids is 1. The van der Waals surface area contributed by atoms with Gasteiger partial charge in [0.05, 0.1) is 10.6 Å². The monoisotopic (exact) mass is 377 g/mol. The van der Waals surface area contributed by atoms with Crippen molar-refractivity contribution in [1.29, 1.82) is 0 Å². The number of aryl methyl sites for hydroxylation is 1. The summed E-state index contributed by atoms with van der Waals surface area (Å²) in [6.07, 6.45) is 4.56. The van der Waals surface area contributed by atoms with E-state index in [9.17, 15) is 13.2 Å². The first kappa shape index (κ1) is 18.6. The molecule has 0 radical (unpaired) electrons. The highest BCUT2D eigenvalue weighted by Gasteiger charge is 2.39. The van der Waals surface area contributed by atoms with Gasteiger partial charge < -0.3 is 9.84 Å². The van der Waals surface area contributed by atoms with Gasteiger partial charge in [0, 0.05) is 12.5 Å². The molecule has 0 aliphatic heterocycles. The Morgan fingerprint density at radius 2 is 1.85 bits per heavy atom. The van der Waals surface area contributed by atoms with Crippen molar-refractivity contribution in [3.63, 3.8) is 0 Å². The molecule has 2 aromatic rings. The van der Waals surface area contributed by atoms with Gasteiger partial charge in [-0.25, -0.2) is 8.42 Å². The lowest BCUT2D eigenvalue weighted by molar-refractivity contribution is 0.0855. The number of nitrogens with zero attached hydrogens (tertiary/aromatic N) is 2. The maximum Gasteiger partial charge on any atom is 0.252 e. The van der Waals surface area contributed by atoms with E-state index in [0.717, 1.165) is 32.1 Å². The smallest absolute Gasteiger partial charge is 0.252 e. The van der Waals surface area contributed by atoms with E-state index in [2.05, 4.69) is 15.5 Å². The molecule has 1 N–H and O–H groups in total. The van der Waals surface area contributed by atoms with Gasteiger partial charge in [-0.15, -0.1) is 0 Å².